The van der Waals surface area contributed by atoms with Crippen LogP contribution in [0.2, 0.25) is 10.0 Å². The molecule has 26 heavy (non-hydrogen) atoms. The van der Waals surface area contributed by atoms with Crippen LogP contribution in [-0.2, 0) is 6.61 Å². The van der Waals surface area contributed by atoms with Crippen LogP contribution in [-0.4, -0.2) is 11.1 Å². The number of aryl methyl sites for hydroxylation is 2. The quantitative estimate of drug-likeness (QED) is 0.630. The largest absolute Gasteiger partial charge is 0.489 e. The SMILES string of the molecule is Cc1ccc(NC(=O)c2noc(C)c2COc2ccc(Cl)cc2)cc1Cl. The van der Waals surface area contributed by atoms with Gasteiger partial charge in [-0.2, -0.15) is 0 Å². The number of hydrogen-bond donors (Lipinski definition) is 1. The summed E-state index contributed by atoms with van der Waals surface area (Å²) in [4.78, 5) is 12.6. The minimum Gasteiger partial charge on any atom is -0.489 e. The van der Waals surface area contributed by atoms with E-state index in [1.165, 1.54) is 0 Å². The van der Waals surface area contributed by atoms with E-state index in [9.17, 15) is 4.79 Å². The Morgan fingerprint density at radius 2 is 1.88 bits per heavy atom. The summed E-state index contributed by atoms with van der Waals surface area (Å²) in [6, 6.07) is 12.2. The molecule has 3 aromatic rings. The molecule has 0 saturated heterocycles. The molecule has 0 aliphatic heterocycles. The molecule has 1 amide bonds. The van der Waals surface area contributed by atoms with E-state index in [2.05, 4.69) is 10.5 Å². The van der Waals surface area contributed by atoms with Gasteiger partial charge in [-0.1, -0.05) is 34.4 Å². The average Bonchev–Trinajstić information content (AvgIpc) is 2.98. The first kappa shape index (κ1) is 18.3. The zero-order valence-corrected chi connectivity index (χ0v) is 15.7. The zero-order chi connectivity index (χ0) is 18.7. The lowest BCUT2D eigenvalue weighted by Crippen LogP contribution is -2.15. The number of nitrogens with one attached hydrogen (secondary N) is 1. The molecule has 7 heteroatoms. The fourth-order valence-corrected chi connectivity index (χ4v) is 2.59. The molecule has 2 aromatic carbocycles. The highest BCUT2D eigenvalue weighted by atomic mass is 35.5. The van der Waals surface area contributed by atoms with Crippen molar-refractivity contribution >= 4 is 34.8 Å². The van der Waals surface area contributed by atoms with E-state index >= 15 is 0 Å². The number of amides is 1. The number of nitrogens with zero attached hydrogens (tertiary/aromatic N) is 1. The van der Waals surface area contributed by atoms with Crippen molar-refractivity contribution in [3.63, 3.8) is 0 Å². The summed E-state index contributed by atoms with van der Waals surface area (Å²) >= 11 is 12.0. The Morgan fingerprint density at radius 1 is 1.15 bits per heavy atom. The van der Waals surface area contributed by atoms with Crippen molar-refractivity contribution in [2.45, 2.75) is 20.5 Å². The van der Waals surface area contributed by atoms with Gasteiger partial charge in [-0.3, -0.25) is 4.79 Å². The summed E-state index contributed by atoms with van der Waals surface area (Å²) in [7, 11) is 0. The molecule has 5 nitrogen and oxygen atoms in total. The maximum atomic E-state index is 12.6. The van der Waals surface area contributed by atoms with E-state index in [-0.39, 0.29) is 12.3 Å². The summed E-state index contributed by atoms with van der Waals surface area (Å²) in [5.74, 6) is 0.759. The van der Waals surface area contributed by atoms with Gasteiger partial charge in [-0.15, -0.1) is 0 Å². The predicted octanol–water partition coefficient (Wildman–Crippen LogP) is 5.43. The van der Waals surface area contributed by atoms with E-state index < -0.39 is 5.91 Å². The lowest BCUT2D eigenvalue weighted by molar-refractivity contribution is 0.101. The molecule has 0 atom stereocenters. The van der Waals surface area contributed by atoms with Gasteiger partial charge in [0.05, 0.1) is 5.56 Å². The van der Waals surface area contributed by atoms with Gasteiger partial charge in [0.1, 0.15) is 18.1 Å². The maximum Gasteiger partial charge on any atom is 0.278 e. The molecule has 1 N–H and O–H groups in total. The monoisotopic (exact) mass is 390 g/mol. The van der Waals surface area contributed by atoms with Gasteiger partial charge in [0.25, 0.3) is 5.91 Å². The van der Waals surface area contributed by atoms with E-state index in [4.69, 9.17) is 32.5 Å². The zero-order valence-electron chi connectivity index (χ0n) is 14.2. The van der Waals surface area contributed by atoms with Crippen molar-refractivity contribution in [1.29, 1.82) is 0 Å². The summed E-state index contributed by atoms with van der Waals surface area (Å²) in [5, 5.41) is 7.82. The first-order valence-electron chi connectivity index (χ1n) is 7.85. The van der Waals surface area contributed by atoms with Crippen LogP contribution in [0.5, 0.6) is 5.75 Å². The predicted molar refractivity (Wildman–Crippen MR) is 101 cm³/mol. The number of anilines is 1. The summed E-state index contributed by atoms with van der Waals surface area (Å²) in [5.41, 5.74) is 2.26. The van der Waals surface area contributed by atoms with Crippen LogP contribution in [0.3, 0.4) is 0 Å². The Hall–Kier alpha value is -2.50. The van der Waals surface area contributed by atoms with Crippen molar-refractivity contribution in [2.75, 3.05) is 5.32 Å². The second kappa shape index (κ2) is 7.81. The molecule has 0 radical (unpaired) electrons. The minimum absolute atomic E-state index is 0.147. The molecular formula is C19H16Cl2N2O3. The molecular weight excluding hydrogens is 375 g/mol. The normalized spacial score (nSPS) is 10.6. The maximum absolute atomic E-state index is 12.6. The van der Waals surface area contributed by atoms with Gasteiger partial charge < -0.3 is 14.6 Å². The highest BCUT2D eigenvalue weighted by molar-refractivity contribution is 6.31. The number of ether oxygens (including phenoxy) is 1. The van der Waals surface area contributed by atoms with Gasteiger partial charge in [0.2, 0.25) is 0 Å². The van der Waals surface area contributed by atoms with Crippen LogP contribution >= 0.6 is 23.2 Å². The van der Waals surface area contributed by atoms with Crippen LogP contribution in [0.4, 0.5) is 5.69 Å². The molecule has 3 rings (SSSR count). The Kier molecular flexibility index (Phi) is 5.49. The standard InChI is InChI=1S/C19H16Cl2N2O3/c1-11-3-6-14(9-17(11)21)22-19(24)18-16(12(2)26-23-18)10-25-15-7-4-13(20)5-8-15/h3-9H,10H2,1-2H3,(H,22,24). The third kappa shape index (κ3) is 4.18. The van der Waals surface area contributed by atoms with E-state index in [0.29, 0.717) is 32.8 Å². The fourth-order valence-electron chi connectivity index (χ4n) is 2.29. The highest BCUT2D eigenvalue weighted by Gasteiger charge is 2.20. The number of carbonyl (C=O) groups excluding carboxylic acids is 1. The van der Waals surface area contributed by atoms with Gasteiger partial charge in [0.15, 0.2) is 5.69 Å². The smallest absolute Gasteiger partial charge is 0.278 e. The third-order valence-corrected chi connectivity index (χ3v) is 4.49. The third-order valence-electron chi connectivity index (χ3n) is 3.83. The lowest BCUT2D eigenvalue weighted by Gasteiger charge is -2.08. The topological polar surface area (TPSA) is 64.4 Å². The lowest BCUT2D eigenvalue weighted by atomic mass is 10.2. The molecule has 0 saturated carbocycles. The van der Waals surface area contributed by atoms with Gasteiger partial charge >= 0.3 is 0 Å². The fraction of sp³-hybridized carbons (Fsp3) is 0.158. The number of aromatic nitrogens is 1. The first-order chi connectivity index (χ1) is 12.4. The van der Waals surface area contributed by atoms with Gasteiger partial charge in [-0.05, 0) is 55.8 Å². The van der Waals surface area contributed by atoms with Gasteiger partial charge in [-0.25, -0.2) is 0 Å². The second-order valence-electron chi connectivity index (χ2n) is 5.73. The molecule has 0 aliphatic rings. The van der Waals surface area contributed by atoms with Crippen molar-refractivity contribution < 1.29 is 14.1 Å². The Morgan fingerprint density at radius 3 is 2.58 bits per heavy atom. The van der Waals surface area contributed by atoms with E-state index in [1.54, 1.807) is 43.3 Å². The van der Waals surface area contributed by atoms with Crippen LogP contribution in [0, 0.1) is 13.8 Å². The molecule has 0 unspecified atom stereocenters. The molecule has 0 bridgehead atoms. The molecule has 0 fully saturated rings. The van der Waals surface area contributed by atoms with E-state index in [1.807, 2.05) is 13.0 Å². The summed E-state index contributed by atoms with van der Waals surface area (Å²) in [6.45, 7) is 3.77. The van der Waals surface area contributed by atoms with Crippen molar-refractivity contribution in [1.82, 2.24) is 5.16 Å². The Bertz CT molecular complexity index is 936. The highest BCUT2D eigenvalue weighted by Crippen LogP contribution is 2.23. The van der Waals surface area contributed by atoms with E-state index in [0.717, 1.165) is 5.56 Å². The van der Waals surface area contributed by atoms with Crippen LogP contribution < -0.4 is 10.1 Å². The van der Waals surface area contributed by atoms with Crippen LogP contribution in [0.1, 0.15) is 27.4 Å². The van der Waals surface area contributed by atoms with Crippen molar-refractivity contribution in [3.05, 3.63) is 75.1 Å². The number of halogens is 2. The van der Waals surface area contributed by atoms with Gasteiger partial charge in [0, 0.05) is 15.7 Å². The molecule has 1 aromatic heterocycles. The second-order valence-corrected chi connectivity index (χ2v) is 6.57. The molecule has 1 heterocycles. The molecule has 134 valence electrons. The van der Waals surface area contributed by atoms with Crippen LogP contribution in [0.15, 0.2) is 47.0 Å². The number of hydrogen-bond acceptors (Lipinski definition) is 4. The molecule has 0 spiro atoms. The summed E-state index contributed by atoms with van der Waals surface area (Å²) in [6.07, 6.45) is 0. The van der Waals surface area contributed by atoms with Crippen molar-refractivity contribution in [3.8, 4) is 5.75 Å². The molecule has 0 aliphatic carbocycles. The minimum atomic E-state index is -0.392. The Labute approximate surface area is 160 Å². The van der Waals surface area contributed by atoms with Crippen molar-refractivity contribution in [2.24, 2.45) is 0 Å². The first-order valence-corrected chi connectivity index (χ1v) is 8.60. The van der Waals surface area contributed by atoms with Crippen LogP contribution in [0.25, 0.3) is 0 Å². The number of rotatable bonds is 5. The Balaban J connectivity index is 1.74. The average molecular weight is 391 g/mol. The number of benzene rings is 2. The number of carbonyl (C=O) groups is 1. The summed E-state index contributed by atoms with van der Waals surface area (Å²) < 4.78 is 10.9.